The molecule has 0 aromatic carbocycles. The topological polar surface area (TPSA) is 33.1 Å². The minimum Gasteiger partial charge on any atom is -0.308 e. The fourth-order valence-electron chi connectivity index (χ4n) is 3.18. The lowest BCUT2D eigenvalue weighted by molar-refractivity contribution is 0.00624. The van der Waals surface area contributed by atoms with E-state index in [0.29, 0.717) is 5.54 Å². The highest BCUT2D eigenvalue weighted by molar-refractivity contribution is 5.02. The Labute approximate surface area is 123 Å². The van der Waals surface area contributed by atoms with E-state index in [0.717, 1.165) is 26.2 Å². The molecule has 1 unspecified atom stereocenters. The first kappa shape index (κ1) is 15.5. The Balaban J connectivity index is 2.07. The van der Waals surface area contributed by atoms with Crippen molar-refractivity contribution < 1.29 is 0 Å². The maximum Gasteiger partial charge on any atom is 0.0536 e. The summed E-state index contributed by atoms with van der Waals surface area (Å²) in [5.74, 6) is 0. The zero-order valence-corrected chi connectivity index (χ0v) is 13.5. The molecular formula is C16H30N4. The van der Waals surface area contributed by atoms with Crippen molar-refractivity contribution >= 4 is 0 Å². The summed E-state index contributed by atoms with van der Waals surface area (Å²) in [5, 5.41) is 8.16. The summed E-state index contributed by atoms with van der Waals surface area (Å²) in [6.07, 6.45) is 7.49. The van der Waals surface area contributed by atoms with E-state index >= 15 is 0 Å². The van der Waals surface area contributed by atoms with Crippen LogP contribution < -0.4 is 5.32 Å². The van der Waals surface area contributed by atoms with Crippen LogP contribution in [0.2, 0.25) is 0 Å². The van der Waals surface area contributed by atoms with Crippen LogP contribution in [0.15, 0.2) is 18.5 Å². The summed E-state index contributed by atoms with van der Waals surface area (Å²) in [5.41, 5.74) is 0.555. The lowest BCUT2D eigenvalue weighted by Crippen LogP contribution is -2.68. The minimum atomic E-state index is 0.265. The number of nitrogens with zero attached hydrogens (tertiary/aromatic N) is 3. The third-order valence-electron chi connectivity index (χ3n) is 5.37. The molecule has 0 spiro atoms. The zero-order chi connectivity index (χ0) is 14.6. The summed E-state index contributed by atoms with van der Waals surface area (Å²) in [6, 6.07) is 2.00. The van der Waals surface area contributed by atoms with Gasteiger partial charge >= 0.3 is 0 Å². The van der Waals surface area contributed by atoms with Crippen molar-refractivity contribution in [3.8, 4) is 0 Å². The molecule has 4 nitrogen and oxygen atoms in total. The molecule has 1 aliphatic rings. The van der Waals surface area contributed by atoms with Crippen LogP contribution in [0, 0.1) is 0 Å². The molecule has 2 rings (SSSR count). The van der Waals surface area contributed by atoms with Crippen LogP contribution in [-0.2, 0) is 6.54 Å². The van der Waals surface area contributed by atoms with Gasteiger partial charge in [0.1, 0.15) is 0 Å². The Morgan fingerprint density at radius 2 is 1.90 bits per heavy atom. The van der Waals surface area contributed by atoms with Gasteiger partial charge in [-0.25, -0.2) is 0 Å². The third kappa shape index (κ3) is 3.07. The number of piperazine rings is 1. The molecule has 0 saturated carbocycles. The fourth-order valence-corrected chi connectivity index (χ4v) is 3.18. The Morgan fingerprint density at radius 1 is 1.15 bits per heavy atom. The van der Waals surface area contributed by atoms with E-state index in [1.54, 1.807) is 0 Å². The second kappa shape index (κ2) is 6.27. The number of hydrogen-bond donors (Lipinski definition) is 1. The maximum absolute atomic E-state index is 4.33. The quantitative estimate of drug-likeness (QED) is 0.868. The highest BCUT2D eigenvalue weighted by Crippen LogP contribution is 2.30. The molecule has 1 N–H and O–H groups in total. The second-order valence-corrected chi connectivity index (χ2v) is 6.38. The molecule has 0 amide bonds. The van der Waals surface area contributed by atoms with Crippen LogP contribution in [-0.4, -0.2) is 45.4 Å². The molecule has 1 aromatic rings. The van der Waals surface area contributed by atoms with Crippen molar-refractivity contribution in [1.29, 1.82) is 0 Å². The van der Waals surface area contributed by atoms with Gasteiger partial charge in [0.2, 0.25) is 0 Å². The largest absolute Gasteiger partial charge is 0.308 e. The Kier molecular flexibility index (Phi) is 4.86. The van der Waals surface area contributed by atoms with E-state index in [9.17, 15) is 0 Å². The SMILES string of the molecule is CCC1(CC)CN(CCn2cccn2)C(C)(CC)CN1. The molecule has 0 bridgehead atoms. The molecule has 1 fully saturated rings. The molecule has 0 aliphatic carbocycles. The molecule has 1 saturated heterocycles. The molecule has 20 heavy (non-hydrogen) atoms. The normalized spacial score (nSPS) is 26.8. The van der Waals surface area contributed by atoms with Crippen LogP contribution >= 0.6 is 0 Å². The average Bonchev–Trinajstić information content (AvgIpc) is 3.00. The van der Waals surface area contributed by atoms with Crippen molar-refractivity contribution in [3.05, 3.63) is 18.5 Å². The lowest BCUT2D eigenvalue weighted by atomic mass is 9.83. The first-order valence-electron chi connectivity index (χ1n) is 8.05. The number of hydrogen-bond acceptors (Lipinski definition) is 3. The standard InChI is InChI=1S/C16H30N4/c1-5-15(4)13-17-16(6-2,7-3)14-19(15)11-12-20-10-8-9-18-20/h8-10,17H,5-7,11-14H2,1-4H3. The van der Waals surface area contributed by atoms with Gasteiger partial charge in [-0.3, -0.25) is 9.58 Å². The van der Waals surface area contributed by atoms with Gasteiger partial charge in [0.25, 0.3) is 0 Å². The van der Waals surface area contributed by atoms with Gasteiger partial charge < -0.3 is 5.32 Å². The van der Waals surface area contributed by atoms with Crippen LogP contribution in [0.4, 0.5) is 0 Å². The van der Waals surface area contributed by atoms with E-state index in [1.165, 1.54) is 19.3 Å². The molecule has 1 aliphatic heterocycles. The number of nitrogens with one attached hydrogen (secondary N) is 1. The van der Waals surface area contributed by atoms with Gasteiger partial charge in [0.05, 0.1) is 6.54 Å². The van der Waals surface area contributed by atoms with Crippen molar-refractivity contribution in [2.45, 2.75) is 64.6 Å². The van der Waals surface area contributed by atoms with Crippen molar-refractivity contribution in [3.63, 3.8) is 0 Å². The zero-order valence-electron chi connectivity index (χ0n) is 13.5. The molecular weight excluding hydrogens is 248 g/mol. The van der Waals surface area contributed by atoms with Crippen LogP contribution in [0.3, 0.4) is 0 Å². The van der Waals surface area contributed by atoms with E-state index < -0.39 is 0 Å². The smallest absolute Gasteiger partial charge is 0.0536 e. The van der Waals surface area contributed by atoms with Gasteiger partial charge in [0.15, 0.2) is 0 Å². The number of rotatable bonds is 6. The molecule has 2 heterocycles. The summed E-state index contributed by atoms with van der Waals surface area (Å²) < 4.78 is 2.04. The van der Waals surface area contributed by atoms with Gasteiger partial charge in [-0.1, -0.05) is 20.8 Å². The summed E-state index contributed by atoms with van der Waals surface area (Å²) >= 11 is 0. The van der Waals surface area contributed by atoms with Crippen LogP contribution in [0.25, 0.3) is 0 Å². The fraction of sp³-hybridized carbons (Fsp3) is 0.812. The van der Waals surface area contributed by atoms with Gasteiger partial charge in [-0.2, -0.15) is 5.10 Å². The van der Waals surface area contributed by atoms with E-state index in [4.69, 9.17) is 0 Å². The molecule has 1 atom stereocenters. The van der Waals surface area contributed by atoms with Crippen LogP contribution in [0.1, 0.15) is 47.0 Å². The van der Waals surface area contributed by atoms with Gasteiger partial charge in [0, 0.05) is 43.1 Å². The Hall–Kier alpha value is -0.870. The first-order chi connectivity index (χ1) is 9.57. The Bertz CT molecular complexity index is 397. The van der Waals surface area contributed by atoms with Crippen LogP contribution in [0.5, 0.6) is 0 Å². The second-order valence-electron chi connectivity index (χ2n) is 6.38. The summed E-state index contributed by atoms with van der Waals surface area (Å²) in [7, 11) is 0. The maximum atomic E-state index is 4.33. The first-order valence-corrected chi connectivity index (χ1v) is 8.05. The summed E-state index contributed by atoms with van der Waals surface area (Å²) in [6.45, 7) is 13.6. The summed E-state index contributed by atoms with van der Waals surface area (Å²) in [4.78, 5) is 2.68. The van der Waals surface area contributed by atoms with E-state index in [-0.39, 0.29) is 5.54 Å². The monoisotopic (exact) mass is 278 g/mol. The average molecular weight is 278 g/mol. The van der Waals surface area contributed by atoms with Gasteiger partial charge in [-0.15, -0.1) is 0 Å². The van der Waals surface area contributed by atoms with Crippen molar-refractivity contribution in [1.82, 2.24) is 20.0 Å². The molecule has 114 valence electrons. The van der Waals surface area contributed by atoms with E-state index in [2.05, 4.69) is 49.2 Å². The highest BCUT2D eigenvalue weighted by Gasteiger charge is 2.42. The van der Waals surface area contributed by atoms with Crippen molar-refractivity contribution in [2.75, 3.05) is 19.6 Å². The lowest BCUT2D eigenvalue weighted by Gasteiger charge is -2.53. The van der Waals surface area contributed by atoms with Crippen molar-refractivity contribution in [2.24, 2.45) is 0 Å². The molecule has 0 radical (unpaired) electrons. The molecule has 4 heteroatoms. The minimum absolute atomic E-state index is 0.265. The Morgan fingerprint density at radius 3 is 2.45 bits per heavy atom. The number of aromatic nitrogens is 2. The van der Waals surface area contributed by atoms with Gasteiger partial charge in [-0.05, 0) is 32.3 Å². The highest BCUT2D eigenvalue weighted by atomic mass is 15.3. The van der Waals surface area contributed by atoms with E-state index in [1.807, 2.05) is 16.9 Å². The third-order valence-corrected chi connectivity index (χ3v) is 5.37. The molecule has 1 aromatic heterocycles. The predicted octanol–water partition coefficient (Wildman–Crippen LogP) is 2.52. The predicted molar refractivity (Wildman–Crippen MR) is 83.8 cm³/mol.